The summed E-state index contributed by atoms with van der Waals surface area (Å²) >= 11 is 0. The average Bonchev–Trinajstić information content (AvgIpc) is 2.49. The molecule has 1 heterocycles. The van der Waals surface area contributed by atoms with Crippen molar-refractivity contribution in [1.82, 2.24) is 4.90 Å². The van der Waals surface area contributed by atoms with Crippen molar-refractivity contribution < 1.29 is 0 Å². The van der Waals surface area contributed by atoms with E-state index < -0.39 is 0 Å². The summed E-state index contributed by atoms with van der Waals surface area (Å²) in [6.45, 7) is 4.58. The van der Waals surface area contributed by atoms with Crippen LogP contribution < -0.4 is 10.6 Å². The minimum absolute atomic E-state index is 0.400. The third kappa shape index (κ3) is 2.93. The zero-order valence-electron chi connectivity index (χ0n) is 11.7. The predicted octanol–water partition coefficient (Wildman–Crippen LogP) is 2.08. The number of rotatable bonds is 2. The Kier molecular flexibility index (Phi) is 4.04. The molecule has 19 heavy (non-hydrogen) atoms. The lowest BCUT2D eigenvalue weighted by molar-refractivity contribution is 0.130. The lowest BCUT2D eigenvalue weighted by Gasteiger charge is -2.43. The van der Waals surface area contributed by atoms with Crippen LogP contribution in [-0.2, 0) is 0 Å². The number of nitrogens with two attached hydrogens (primary N) is 1. The molecule has 3 nitrogen and oxygen atoms in total. The number of nitrogens with zero attached hydrogens (tertiary/aromatic N) is 2. The average molecular weight is 259 g/mol. The molecule has 0 bridgehead atoms. The van der Waals surface area contributed by atoms with Gasteiger partial charge in [0, 0.05) is 44.0 Å². The van der Waals surface area contributed by atoms with E-state index >= 15 is 0 Å². The first-order valence-corrected chi connectivity index (χ1v) is 7.64. The third-order valence-corrected chi connectivity index (χ3v) is 4.69. The minimum atomic E-state index is 0.400. The molecule has 3 rings (SSSR count). The summed E-state index contributed by atoms with van der Waals surface area (Å²) in [6, 6.07) is 11.8. The number of piperazine rings is 1. The number of anilines is 1. The molecule has 1 saturated carbocycles. The second kappa shape index (κ2) is 5.93. The van der Waals surface area contributed by atoms with Gasteiger partial charge in [0.05, 0.1) is 0 Å². The maximum absolute atomic E-state index is 6.30. The maximum Gasteiger partial charge on any atom is 0.0367 e. The van der Waals surface area contributed by atoms with Crippen molar-refractivity contribution in [2.45, 2.75) is 37.8 Å². The second-order valence-electron chi connectivity index (χ2n) is 5.87. The van der Waals surface area contributed by atoms with E-state index in [-0.39, 0.29) is 0 Å². The smallest absolute Gasteiger partial charge is 0.0367 e. The fourth-order valence-corrected chi connectivity index (χ4v) is 3.54. The summed E-state index contributed by atoms with van der Waals surface area (Å²) in [5, 5.41) is 0. The summed E-state index contributed by atoms with van der Waals surface area (Å²) in [5.74, 6) is 0. The molecular formula is C16H25N3. The largest absolute Gasteiger partial charge is 0.369 e. The first-order chi connectivity index (χ1) is 9.34. The lowest BCUT2D eigenvalue weighted by Crippen LogP contribution is -2.56. The summed E-state index contributed by atoms with van der Waals surface area (Å²) in [5.41, 5.74) is 7.66. The van der Waals surface area contributed by atoms with Crippen LogP contribution in [0.5, 0.6) is 0 Å². The normalized spacial score (nSPS) is 29.4. The molecule has 0 radical (unpaired) electrons. The zero-order chi connectivity index (χ0) is 13.1. The van der Waals surface area contributed by atoms with Crippen molar-refractivity contribution >= 4 is 5.69 Å². The van der Waals surface area contributed by atoms with Gasteiger partial charge in [0.15, 0.2) is 0 Å². The van der Waals surface area contributed by atoms with Gasteiger partial charge in [-0.1, -0.05) is 31.0 Å². The van der Waals surface area contributed by atoms with Crippen molar-refractivity contribution in [2.75, 3.05) is 31.1 Å². The van der Waals surface area contributed by atoms with Crippen LogP contribution in [0.3, 0.4) is 0 Å². The standard InChI is InChI=1S/C16H25N3/c17-15-8-4-5-9-16(15)19-12-10-18(11-13-19)14-6-2-1-3-7-14/h1-3,6-7,15-16H,4-5,8-13,17H2. The van der Waals surface area contributed by atoms with Crippen LogP contribution in [0.1, 0.15) is 25.7 Å². The predicted molar refractivity (Wildman–Crippen MR) is 80.5 cm³/mol. The fraction of sp³-hybridized carbons (Fsp3) is 0.625. The van der Waals surface area contributed by atoms with Gasteiger partial charge in [0.2, 0.25) is 0 Å². The van der Waals surface area contributed by atoms with Gasteiger partial charge in [0.1, 0.15) is 0 Å². The first-order valence-electron chi connectivity index (χ1n) is 7.64. The molecule has 1 aromatic carbocycles. The van der Waals surface area contributed by atoms with Crippen LogP contribution in [0.15, 0.2) is 30.3 Å². The molecule has 1 aliphatic heterocycles. The molecule has 2 unspecified atom stereocenters. The van der Waals surface area contributed by atoms with Crippen molar-refractivity contribution in [2.24, 2.45) is 5.73 Å². The van der Waals surface area contributed by atoms with E-state index in [9.17, 15) is 0 Å². The summed E-state index contributed by atoms with van der Waals surface area (Å²) in [4.78, 5) is 5.12. The molecule has 0 spiro atoms. The molecule has 3 heteroatoms. The Balaban J connectivity index is 1.57. The van der Waals surface area contributed by atoms with Gasteiger partial charge in [0.25, 0.3) is 0 Å². The molecule has 2 N–H and O–H groups in total. The molecular weight excluding hydrogens is 234 g/mol. The van der Waals surface area contributed by atoms with Crippen molar-refractivity contribution in [1.29, 1.82) is 0 Å². The Bertz CT molecular complexity index is 384. The molecule has 1 aromatic rings. The van der Waals surface area contributed by atoms with Gasteiger partial charge >= 0.3 is 0 Å². The van der Waals surface area contributed by atoms with Crippen LogP contribution in [-0.4, -0.2) is 43.2 Å². The summed E-state index contributed by atoms with van der Waals surface area (Å²) in [6.07, 6.45) is 5.19. The zero-order valence-corrected chi connectivity index (χ0v) is 11.7. The molecule has 1 aliphatic carbocycles. The van der Waals surface area contributed by atoms with Crippen LogP contribution in [0.2, 0.25) is 0 Å². The Hall–Kier alpha value is -1.06. The lowest BCUT2D eigenvalue weighted by atomic mass is 9.89. The van der Waals surface area contributed by atoms with Gasteiger partial charge in [-0.25, -0.2) is 0 Å². The molecule has 2 fully saturated rings. The van der Waals surface area contributed by atoms with E-state index in [1.165, 1.54) is 31.4 Å². The maximum atomic E-state index is 6.30. The van der Waals surface area contributed by atoms with E-state index in [1.807, 2.05) is 0 Å². The highest BCUT2D eigenvalue weighted by Crippen LogP contribution is 2.24. The number of hydrogen-bond donors (Lipinski definition) is 1. The van der Waals surface area contributed by atoms with Gasteiger partial charge in [-0.05, 0) is 25.0 Å². The molecule has 0 aromatic heterocycles. The molecule has 2 atom stereocenters. The first kappa shape index (κ1) is 12.9. The molecule has 104 valence electrons. The molecule has 1 saturated heterocycles. The number of para-hydroxylation sites is 1. The Morgan fingerprint density at radius 2 is 1.58 bits per heavy atom. The number of benzene rings is 1. The monoisotopic (exact) mass is 259 g/mol. The number of hydrogen-bond acceptors (Lipinski definition) is 3. The summed E-state index contributed by atoms with van der Waals surface area (Å²) in [7, 11) is 0. The Morgan fingerprint density at radius 3 is 2.26 bits per heavy atom. The summed E-state index contributed by atoms with van der Waals surface area (Å²) < 4.78 is 0. The van der Waals surface area contributed by atoms with E-state index in [2.05, 4.69) is 40.1 Å². The van der Waals surface area contributed by atoms with Crippen molar-refractivity contribution in [3.8, 4) is 0 Å². The third-order valence-electron chi connectivity index (χ3n) is 4.69. The quantitative estimate of drug-likeness (QED) is 0.882. The van der Waals surface area contributed by atoms with Gasteiger partial charge in [-0.3, -0.25) is 4.90 Å². The van der Waals surface area contributed by atoms with Gasteiger partial charge < -0.3 is 10.6 Å². The van der Waals surface area contributed by atoms with E-state index in [4.69, 9.17) is 5.73 Å². The molecule has 2 aliphatic rings. The molecule has 0 amide bonds. The Labute approximate surface area is 116 Å². The SMILES string of the molecule is NC1CCCCC1N1CCN(c2ccccc2)CC1. The fourth-order valence-electron chi connectivity index (χ4n) is 3.54. The Morgan fingerprint density at radius 1 is 0.895 bits per heavy atom. The van der Waals surface area contributed by atoms with E-state index in [1.54, 1.807) is 0 Å². The minimum Gasteiger partial charge on any atom is -0.369 e. The van der Waals surface area contributed by atoms with Crippen molar-refractivity contribution in [3.63, 3.8) is 0 Å². The van der Waals surface area contributed by atoms with E-state index in [0.29, 0.717) is 12.1 Å². The van der Waals surface area contributed by atoms with Crippen molar-refractivity contribution in [3.05, 3.63) is 30.3 Å². The topological polar surface area (TPSA) is 32.5 Å². The van der Waals surface area contributed by atoms with Gasteiger partial charge in [-0.2, -0.15) is 0 Å². The van der Waals surface area contributed by atoms with Crippen LogP contribution in [0.4, 0.5) is 5.69 Å². The van der Waals surface area contributed by atoms with E-state index in [0.717, 1.165) is 26.2 Å². The highest BCUT2D eigenvalue weighted by atomic mass is 15.3. The van der Waals surface area contributed by atoms with Crippen LogP contribution >= 0.6 is 0 Å². The highest BCUT2D eigenvalue weighted by Gasteiger charge is 2.29. The van der Waals surface area contributed by atoms with Crippen LogP contribution in [0.25, 0.3) is 0 Å². The van der Waals surface area contributed by atoms with Gasteiger partial charge in [-0.15, -0.1) is 0 Å². The highest BCUT2D eigenvalue weighted by molar-refractivity contribution is 5.46. The second-order valence-corrected chi connectivity index (χ2v) is 5.87. The van der Waals surface area contributed by atoms with Crippen LogP contribution in [0, 0.1) is 0 Å².